The highest BCUT2D eigenvalue weighted by Crippen LogP contribution is 2.26. The lowest BCUT2D eigenvalue weighted by Gasteiger charge is -2.06. The Labute approximate surface area is 171 Å². The van der Waals surface area contributed by atoms with Gasteiger partial charge in [0.2, 0.25) is 0 Å². The molecule has 0 radical (unpaired) electrons. The molecule has 2 aromatic heterocycles. The summed E-state index contributed by atoms with van der Waals surface area (Å²) in [6, 6.07) is 0. The summed E-state index contributed by atoms with van der Waals surface area (Å²) >= 11 is 0. The first-order valence-corrected chi connectivity index (χ1v) is 11.8. The topological polar surface area (TPSA) is 315 Å². The molecule has 0 fully saturated rings. The third-order valence-electron chi connectivity index (χ3n) is 2.52. The summed E-state index contributed by atoms with van der Waals surface area (Å²) in [5, 5.41) is 8.89. The van der Waals surface area contributed by atoms with Gasteiger partial charge in [-0.15, -0.1) is 0 Å². The lowest BCUT2D eigenvalue weighted by molar-refractivity contribution is 0.272. The molecule has 31 heavy (non-hydrogen) atoms. The average Bonchev–Trinajstić information content (AvgIpc) is 2.86. The molecule has 0 saturated carbocycles. The molecule has 0 saturated heterocycles. The molecule has 0 unspecified atom stereocenters. The van der Waals surface area contributed by atoms with Gasteiger partial charge >= 0.3 is 29.2 Å². The van der Waals surface area contributed by atoms with Crippen molar-refractivity contribution in [3.63, 3.8) is 0 Å². The normalized spacial score (nSPS) is 11.5. The summed E-state index contributed by atoms with van der Waals surface area (Å²) in [5.41, 5.74) is -0.181. The van der Waals surface area contributed by atoms with Gasteiger partial charge in [-0.2, -0.15) is 0 Å². The second-order valence-electron chi connectivity index (χ2n) is 5.09. The Kier molecular flexibility index (Phi) is 12.7. The molecule has 10 N–H and O–H groups in total. The highest BCUT2D eigenvalue weighted by molar-refractivity contribution is 7.45. The summed E-state index contributed by atoms with van der Waals surface area (Å²) in [4.78, 5) is 92.3. The minimum atomic E-state index is -4.64. The van der Waals surface area contributed by atoms with Gasteiger partial charge in [0.25, 0.3) is 5.56 Å². The second-order valence-corrected chi connectivity index (χ2v) is 8.17. The van der Waals surface area contributed by atoms with Crippen LogP contribution in [0.1, 0.15) is 0 Å². The molecule has 0 bridgehead atoms. The van der Waals surface area contributed by atoms with Gasteiger partial charge < -0.3 is 53.7 Å². The summed E-state index contributed by atoms with van der Waals surface area (Å²) in [5.74, 6) is 0. The summed E-state index contributed by atoms with van der Waals surface area (Å²) < 4.78 is 30.5. The highest BCUT2D eigenvalue weighted by atomic mass is 31.2. The fourth-order valence-electron chi connectivity index (χ4n) is 1.68. The van der Waals surface area contributed by atoms with Crippen molar-refractivity contribution >= 4 is 34.6 Å². The first-order chi connectivity index (χ1) is 13.6. The molecule has 22 heteroatoms. The van der Waals surface area contributed by atoms with Crippen LogP contribution in [0.15, 0.2) is 15.9 Å². The Bertz CT molecular complexity index is 1030. The van der Waals surface area contributed by atoms with Crippen LogP contribution in [0.3, 0.4) is 0 Å². The summed E-state index contributed by atoms with van der Waals surface area (Å²) in [6.45, 7) is -0.0513. The van der Waals surface area contributed by atoms with Crippen LogP contribution < -0.4 is 11.2 Å². The number of nitrogens with zero attached hydrogens (tertiary/aromatic N) is 4. The number of aliphatic hydroxyl groups is 1. The molecule has 0 amide bonds. The standard InChI is InChI=1S/C9H12N4O3.3H3O4P/c1-11-5-10-7-6(11)8(15)12(2)9(16)13(7)3-4-14;3*1-5(2,3)4/h5,14H,3-4H2,1-2H3;3*(H3,1,2,3,4). The zero-order valence-corrected chi connectivity index (χ0v) is 18.3. The largest absolute Gasteiger partial charge is 0.466 e. The number of aromatic nitrogens is 4. The number of imidazole rings is 1. The number of aryl methyl sites for hydroxylation is 1. The number of fused-ring (bicyclic) bond motifs is 1. The highest BCUT2D eigenvalue weighted by Gasteiger charge is 2.14. The van der Waals surface area contributed by atoms with E-state index < -0.39 is 29.2 Å². The van der Waals surface area contributed by atoms with Gasteiger partial charge in [-0.25, -0.2) is 23.5 Å². The van der Waals surface area contributed by atoms with E-state index in [2.05, 4.69) is 4.98 Å². The Morgan fingerprint density at radius 2 is 1.19 bits per heavy atom. The number of rotatable bonds is 2. The van der Waals surface area contributed by atoms with Gasteiger partial charge in [0.15, 0.2) is 11.2 Å². The fourth-order valence-corrected chi connectivity index (χ4v) is 1.68. The van der Waals surface area contributed by atoms with E-state index in [-0.39, 0.29) is 18.7 Å². The van der Waals surface area contributed by atoms with Crippen molar-refractivity contribution in [2.24, 2.45) is 14.1 Å². The van der Waals surface area contributed by atoms with Crippen LogP contribution in [0, 0.1) is 0 Å². The zero-order valence-electron chi connectivity index (χ0n) is 15.6. The monoisotopic (exact) mass is 518 g/mol. The molecule has 0 aliphatic carbocycles. The summed E-state index contributed by atoms with van der Waals surface area (Å²) in [7, 11) is -10.8. The lowest BCUT2D eigenvalue weighted by atomic mass is 10.5. The molecule has 182 valence electrons. The molecule has 2 rings (SSSR count). The Hall–Kier alpha value is -1.56. The molecule has 19 nitrogen and oxygen atoms in total. The number of aliphatic hydroxyl groups excluding tert-OH is 1. The smallest absolute Gasteiger partial charge is 0.395 e. The predicted octanol–water partition coefficient (Wildman–Crippen LogP) is -4.36. The average molecular weight is 518 g/mol. The van der Waals surface area contributed by atoms with Gasteiger partial charge in [0.1, 0.15) is 0 Å². The zero-order chi connectivity index (χ0) is 25.4. The molecule has 0 atom stereocenters. The van der Waals surface area contributed by atoms with E-state index in [1.807, 2.05) is 0 Å². The van der Waals surface area contributed by atoms with Crippen molar-refractivity contribution in [1.29, 1.82) is 0 Å². The summed E-state index contributed by atoms with van der Waals surface area (Å²) in [6.07, 6.45) is 1.47. The van der Waals surface area contributed by atoms with E-state index >= 15 is 0 Å². The van der Waals surface area contributed by atoms with E-state index in [4.69, 9.17) is 62.8 Å². The predicted molar refractivity (Wildman–Crippen MR) is 100 cm³/mol. The molecule has 0 aliphatic heterocycles. The lowest BCUT2D eigenvalue weighted by Crippen LogP contribution is -2.39. The van der Waals surface area contributed by atoms with Crippen molar-refractivity contribution < 1.29 is 62.8 Å². The quantitative estimate of drug-likeness (QED) is 0.168. The molecular formula is C9H21N4O15P3. The van der Waals surface area contributed by atoms with Gasteiger partial charge in [0, 0.05) is 14.1 Å². The van der Waals surface area contributed by atoms with Crippen molar-refractivity contribution in [3.05, 3.63) is 27.2 Å². The van der Waals surface area contributed by atoms with E-state index in [1.54, 1.807) is 11.6 Å². The number of hydrogen-bond acceptors (Lipinski definition) is 7. The van der Waals surface area contributed by atoms with Crippen molar-refractivity contribution in [3.8, 4) is 0 Å². The molecular weight excluding hydrogens is 497 g/mol. The molecule has 0 aliphatic rings. The maximum Gasteiger partial charge on any atom is 0.466 e. The van der Waals surface area contributed by atoms with Crippen LogP contribution in [-0.2, 0) is 34.3 Å². The van der Waals surface area contributed by atoms with Crippen LogP contribution in [0.2, 0.25) is 0 Å². The SMILES string of the molecule is Cn1c(=O)c2c(ncn2C)n(CCO)c1=O.O=P(O)(O)O.O=P(O)(O)O.O=P(O)(O)O. The number of phosphoric acid groups is 3. The Morgan fingerprint density at radius 3 is 1.52 bits per heavy atom. The molecule has 0 aromatic carbocycles. The number of hydrogen-bond donors (Lipinski definition) is 10. The van der Waals surface area contributed by atoms with Crippen LogP contribution in [0.25, 0.3) is 11.2 Å². The maximum atomic E-state index is 11.8. The van der Waals surface area contributed by atoms with E-state index in [9.17, 15) is 9.59 Å². The van der Waals surface area contributed by atoms with Crippen LogP contribution in [-0.4, -0.2) is 74.4 Å². The molecule has 2 heterocycles. The van der Waals surface area contributed by atoms with Crippen LogP contribution in [0.5, 0.6) is 0 Å². The van der Waals surface area contributed by atoms with E-state index in [0.717, 1.165) is 4.57 Å². The Morgan fingerprint density at radius 1 is 0.839 bits per heavy atom. The van der Waals surface area contributed by atoms with Gasteiger partial charge in [-0.1, -0.05) is 0 Å². The minimum Gasteiger partial charge on any atom is -0.395 e. The third-order valence-corrected chi connectivity index (χ3v) is 2.52. The van der Waals surface area contributed by atoms with E-state index in [1.165, 1.54) is 17.9 Å². The maximum absolute atomic E-state index is 11.8. The molecule has 2 aromatic rings. The minimum absolute atomic E-state index is 0.125. The first kappa shape index (κ1) is 31.6. The van der Waals surface area contributed by atoms with Gasteiger partial charge in [-0.05, 0) is 0 Å². The second kappa shape index (κ2) is 12.5. The molecule has 0 spiro atoms. The van der Waals surface area contributed by atoms with E-state index in [0.29, 0.717) is 11.2 Å². The first-order valence-electron chi connectivity index (χ1n) is 7.14. The van der Waals surface area contributed by atoms with Gasteiger partial charge in [0.05, 0.1) is 19.5 Å². The van der Waals surface area contributed by atoms with Crippen molar-refractivity contribution in [2.75, 3.05) is 6.61 Å². The fraction of sp³-hybridized carbons (Fsp3) is 0.444. The van der Waals surface area contributed by atoms with Crippen molar-refractivity contribution in [2.45, 2.75) is 6.54 Å². The van der Waals surface area contributed by atoms with Crippen LogP contribution in [0.4, 0.5) is 0 Å². The Balaban J connectivity index is 0. The van der Waals surface area contributed by atoms with Gasteiger partial charge in [-0.3, -0.25) is 13.9 Å². The third kappa shape index (κ3) is 16.8. The van der Waals surface area contributed by atoms with Crippen molar-refractivity contribution in [1.82, 2.24) is 18.7 Å². The van der Waals surface area contributed by atoms with Crippen LogP contribution >= 0.6 is 23.5 Å².